The second kappa shape index (κ2) is 14.3. The summed E-state index contributed by atoms with van der Waals surface area (Å²) in [4.78, 5) is 56.3. The lowest BCUT2D eigenvalue weighted by molar-refractivity contribution is -0.137. The number of likely N-dealkylation sites (tertiary alicyclic amines) is 2. The lowest BCUT2D eigenvalue weighted by Crippen LogP contribution is -2.52. The first kappa shape index (κ1) is 37.5. The number of hydrogen-bond acceptors (Lipinski definition) is 8. The summed E-state index contributed by atoms with van der Waals surface area (Å²) < 4.78 is 17.0. The van der Waals surface area contributed by atoms with Crippen LogP contribution >= 0.6 is 0 Å². The molecule has 5 atom stereocenters. The fraction of sp³-hybridized carbons (Fsp3) is 0.477. The summed E-state index contributed by atoms with van der Waals surface area (Å²) in [5, 5.41) is 4.97. The van der Waals surface area contributed by atoms with Crippen molar-refractivity contribution in [1.29, 1.82) is 0 Å². The SMILES string of the molecule is COC(=O)NC(C(=O)N1[C@@H](C)CC[C@H]1c1ncc(-c2ccc3c(c2)COc2cc4c5c(ccc4cc2-3)N=C([C@@H]2CC[C@H](C)N2C(=O)OC(C)(C)C)C5)[nH]1)C(C)C. The molecule has 2 N–H and O–H groups in total. The molecule has 4 aliphatic rings. The second-order valence-corrected chi connectivity index (χ2v) is 17.1. The number of benzene rings is 3. The molecule has 0 spiro atoms. The van der Waals surface area contributed by atoms with Crippen molar-refractivity contribution < 1.29 is 28.6 Å². The predicted molar refractivity (Wildman–Crippen MR) is 215 cm³/mol. The van der Waals surface area contributed by atoms with Gasteiger partial charge in [0.25, 0.3) is 0 Å². The Bertz CT molecular complexity index is 2250. The third kappa shape index (κ3) is 6.77. The molecule has 8 rings (SSSR count). The third-order valence-electron chi connectivity index (χ3n) is 11.8. The molecular weight excluding hydrogens is 709 g/mol. The van der Waals surface area contributed by atoms with Crippen molar-refractivity contribution in [3.05, 3.63) is 65.6 Å². The van der Waals surface area contributed by atoms with E-state index in [9.17, 15) is 14.4 Å². The molecule has 1 aromatic heterocycles. The zero-order chi connectivity index (χ0) is 39.6. The van der Waals surface area contributed by atoms with Crippen LogP contribution in [0.2, 0.25) is 0 Å². The fourth-order valence-corrected chi connectivity index (χ4v) is 8.96. The molecule has 2 fully saturated rings. The van der Waals surface area contributed by atoms with Crippen LogP contribution in [0.25, 0.3) is 33.2 Å². The van der Waals surface area contributed by atoms with Gasteiger partial charge in [0.15, 0.2) is 0 Å². The molecular formula is C44H52N6O6. The van der Waals surface area contributed by atoms with E-state index in [2.05, 4.69) is 59.7 Å². The van der Waals surface area contributed by atoms with Gasteiger partial charge in [0.1, 0.15) is 29.8 Å². The smallest absolute Gasteiger partial charge is 0.411 e. The number of H-pyrrole nitrogens is 1. The van der Waals surface area contributed by atoms with Gasteiger partial charge in [0.05, 0.1) is 36.8 Å². The van der Waals surface area contributed by atoms with Gasteiger partial charge in [-0.2, -0.15) is 0 Å². The van der Waals surface area contributed by atoms with Gasteiger partial charge in [0, 0.05) is 29.8 Å². The van der Waals surface area contributed by atoms with Crippen molar-refractivity contribution in [3.8, 4) is 28.1 Å². The minimum atomic E-state index is -0.704. The highest BCUT2D eigenvalue weighted by molar-refractivity contribution is 6.06. The number of aromatic nitrogens is 2. The summed E-state index contributed by atoms with van der Waals surface area (Å²) >= 11 is 0. The van der Waals surface area contributed by atoms with E-state index in [-0.39, 0.29) is 42.1 Å². The maximum atomic E-state index is 13.8. The van der Waals surface area contributed by atoms with Crippen LogP contribution in [-0.2, 0) is 27.3 Å². The van der Waals surface area contributed by atoms with Crippen molar-refractivity contribution in [2.45, 2.75) is 123 Å². The summed E-state index contributed by atoms with van der Waals surface area (Å²) in [7, 11) is 1.30. The van der Waals surface area contributed by atoms with Crippen LogP contribution in [0, 0.1) is 5.92 Å². The lowest BCUT2D eigenvalue weighted by Gasteiger charge is -2.32. The van der Waals surface area contributed by atoms with E-state index in [1.807, 2.05) is 57.5 Å². The number of amides is 3. The van der Waals surface area contributed by atoms with Gasteiger partial charge < -0.3 is 29.4 Å². The number of rotatable bonds is 6. The average molecular weight is 761 g/mol. The molecule has 0 saturated carbocycles. The molecule has 12 heteroatoms. The molecule has 4 aliphatic heterocycles. The normalized spacial score (nSPS) is 22.0. The Labute approximate surface area is 328 Å². The van der Waals surface area contributed by atoms with E-state index in [1.165, 1.54) is 12.7 Å². The Hall–Kier alpha value is -5.39. The zero-order valence-corrected chi connectivity index (χ0v) is 33.6. The van der Waals surface area contributed by atoms with E-state index in [0.717, 1.165) is 87.4 Å². The molecule has 1 unspecified atom stereocenters. The van der Waals surface area contributed by atoms with E-state index in [1.54, 1.807) is 0 Å². The monoisotopic (exact) mass is 760 g/mol. The standard InChI is InChI=1S/C44H52N6O6/c1-23(2)39(48-42(52)54-8)41(51)49-24(3)10-16-37(49)40-45-21-35(47-40)27-11-13-29-28(17-27)22-55-38-20-30-26(18-32(29)38)12-14-33-31(30)19-34(46-33)36-15-9-25(4)50(36)43(53)56-44(5,6)7/h11-14,17-18,20-21,23-25,36-37,39H,9-10,15-16,19,22H2,1-8H3,(H,45,47)(H,48,52)/t24-,25-,36-,37-,39?/m0/s1. The lowest BCUT2D eigenvalue weighted by atomic mass is 9.91. The average Bonchev–Trinajstić information content (AvgIpc) is 3.97. The first-order valence-corrected chi connectivity index (χ1v) is 19.9. The van der Waals surface area contributed by atoms with E-state index in [4.69, 9.17) is 24.2 Å². The zero-order valence-electron chi connectivity index (χ0n) is 33.6. The largest absolute Gasteiger partial charge is 0.488 e. The van der Waals surface area contributed by atoms with Crippen LogP contribution in [-0.4, -0.2) is 80.5 Å². The Balaban J connectivity index is 1.02. The van der Waals surface area contributed by atoms with Crippen molar-refractivity contribution in [2.24, 2.45) is 10.9 Å². The van der Waals surface area contributed by atoms with Crippen LogP contribution < -0.4 is 10.1 Å². The maximum absolute atomic E-state index is 13.8. The van der Waals surface area contributed by atoms with Crippen LogP contribution in [0.3, 0.4) is 0 Å². The van der Waals surface area contributed by atoms with Crippen LogP contribution in [0.1, 0.15) is 97.1 Å². The molecule has 0 bridgehead atoms. The van der Waals surface area contributed by atoms with Gasteiger partial charge >= 0.3 is 12.2 Å². The van der Waals surface area contributed by atoms with Crippen LogP contribution in [0.4, 0.5) is 15.3 Å². The topological polar surface area (TPSA) is 138 Å². The number of alkyl carbamates (subject to hydrolysis) is 1. The first-order chi connectivity index (χ1) is 26.7. The number of ether oxygens (including phenoxy) is 3. The number of imidazole rings is 1. The number of nitrogens with one attached hydrogen (secondary N) is 2. The highest BCUT2D eigenvalue weighted by Gasteiger charge is 2.42. The summed E-state index contributed by atoms with van der Waals surface area (Å²) in [6, 6.07) is 14.1. The Kier molecular flexibility index (Phi) is 9.57. The Morgan fingerprint density at radius 1 is 0.946 bits per heavy atom. The van der Waals surface area contributed by atoms with Crippen molar-refractivity contribution in [1.82, 2.24) is 25.1 Å². The number of fused-ring (bicyclic) bond motifs is 6. The van der Waals surface area contributed by atoms with E-state index < -0.39 is 17.7 Å². The highest BCUT2D eigenvalue weighted by Crippen LogP contribution is 2.45. The van der Waals surface area contributed by atoms with Crippen molar-refractivity contribution in [2.75, 3.05) is 7.11 Å². The summed E-state index contributed by atoms with van der Waals surface area (Å²) in [5.41, 5.74) is 7.66. The molecule has 3 aromatic carbocycles. The molecule has 5 heterocycles. The second-order valence-electron chi connectivity index (χ2n) is 17.1. The first-order valence-electron chi connectivity index (χ1n) is 19.9. The van der Waals surface area contributed by atoms with Crippen molar-refractivity contribution in [3.63, 3.8) is 0 Å². The van der Waals surface area contributed by atoms with Crippen LogP contribution in [0.15, 0.2) is 53.7 Å². The Morgan fingerprint density at radius 2 is 1.70 bits per heavy atom. The van der Waals surface area contributed by atoms with Gasteiger partial charge in [-0.05, 0) is 124 Å². The third-order valence-corrected chi connectivity index (χ3v) is 11.8. The molecule has 294 valence electrons. The van der Waals surface area contributed by atoms with Gasteiger partial charge in [-0.15, -0.1) is 0 Å². The minimum Gasteiger partial charge on any atom is -0.488 e. The molecule has 56 heavy (non-hydrogen) atoms. The predicted octanol–water partition coefficient (Wildman–Crippen LogP) is 8.64. The highest BCUT2D eigenvalue weighted by atomic mass is 16.6. The van der Waals surface area contributed by atoms with Gasteiger partial charge in [-0.1, -0.05) is 32.0 Å². The number of aromatic amines is 1. The molecule has 0 aliphatic carbocycles. The van der Waals surface area contributed by atoms with E-state index in [0.29, 0.717) is 13.0 Å². The molecule has 3 amide bonds. The quantitative estimate of drug-likeness (QED) is 0.201. The summed E-state index contributed by atoms with van der Waals surface area (Å²) in [6.45, 7) is 14.1. The fourth-order valence-electron chi connectivity index (χ4n) is 8.96. The van der Waals surface area contributed by atoms with Gasteiger partial charge in [0.2, 0.25) is 5.91 Å². The van der Waals surface area contributed by atoms with Gasteiger partial charge in [-0.25, -0.2) is 14.6 Å². The van der Waals surface area contributed by atoms with Gasteiger partial charge in [-0.3, -0.25) is 14.7 Å². The molecule has 2 saturated heterocycles. The number of carbonyl (C=O) groups excluding carboxylic acids is 3. The Morgan fingerprint density at radius 3 is 2.43 bits per heavy atom. The minimum absolute atomic E-state index is 0.0000573. The maximum Gasteiger partial charge on any atom is 0.411 e. The number of methoxy groups -OCH3 is 1. The molecule has 12 nitrogen and oxygen atoms in total. The molecule has 4 aromatic rings. The van der Waals surface area contributed by atoms with Crippen molar-refractivity contribution >= 4 is 40.3 Å². The number of nitrogens with zero attached hydrogens (tertiary/aromatic N) is 4. The number of carbonyl (C=O) groups is 3. The van der Waals surface area contributed by atoms with Crippen LogP contribution in [0.5, 0.6) is 5.75 Å². The summed E-state index contributed by atoms with van der Waals surface area (Å²) in [6.07, 6.45) is 5.01. The van der Waals surface area contributed by atoms with E-state index >= 15 is 0 Å². The molecule has 0 radical (unpaired) electrons. The number of hydrogen-bond donors (Lipinski definition) is 2. The number of aliphatic imine (C=N–C) groups is 1. The summed E-state index contributed by atoms with van der Waals surface area (Å²) in [5.74, 6) is 1.32.